The lowest BCUT2D eigenvalue weighted by Crippen LogP contribution is -2.49. The molecule has 2 N–H and O–H groups in total. The van der Waals surface area contributed by atoms with E-state index >= 15 is 0 Å². The summed E-state index contributed by atoms with van der Waals surface area (Å²) in [6.07, 6.45) is 0. The van der Waals surface area contributed by atoms with Crippen LogP contribution in [-0.2, 0) is 30.9 Å². The third-order valence-electron chi connectivity index (χ3n) is 5.88. The summed E-state index contributed by atoms with van der Waals surface area (Å²) in [6.45, 7) is 2.02. The predicted octanol–water partition coefficient (Wildman–Crippen LogP) is 3.19. The van der Waals surface area contributed by atoms with Crippen molar-refractivity contribution < 1.29 is 36.6 Å². The van der Waals surface area contributed by atoms with Crippen LogP contribution in [0.5, 0.6) is 11.5 Å². The van der Waals surface area contributed by atoms with E-state index in [1.807, 2.05) is 0 Å². The number of benzene rings is 3. The van der Waals surface area contributed by atoms with Crippen LogP contribution in [0.3, 0.4) is 0 Å². The molecular weight excluding hydrogens is 541 g/mol. The number of amides is 2. The summed E-state index contributed by atoms with van der Waals surface area (Å²) < 4.78 is 56.5. The first-order chi connectivity index (χ1) is 19.1. The SMILES string of the molecule is COCCNC(=O)C(C)N(Cc1ccc(OC)cc1)C(=O)COc1ccc(S(=O)(=O)Nc2ccc(F)cc2)cc1. The summed E-state index contributed by atoms with van der Waals surface area (Å²) in [5.74, 6) is -0.353. The first-order valence-electron chi connectivity index (χ1n) is 12.3. The fourth-order valence-corrected chi connectivity index (χ4v) is 4.67. The van der Waals surface area contributed by atoms with Crippen LogP contribution in [0.2, 0.25) is 0 Å². The fourth-order valence-electron chi connectivity index (χ4n) is 3.61. The summed E-state index contributed by atoms with van der Waals surface area (Å²) in [4.78, 5) is 27.3. The number of halogens is 1. The Hall–Kier alpha value is -4.16. The number of rotatable bonds is 14. The highest BCUT2D eigenvalue weighted by Crippen LogP contribution is 2.20. The molecule has 3 aromatic rings. The summed E-state index contributed by atoms with van der Waals surface area (Å²) in [5, 5.41) is 2.74. The van der Waals surface area contributed by atoms with Crippen LogP contribution in [0.4, 0.5) is 10.1 Å². The predicted molar refractivity (Wildman–Crippen MR) is 147 cm³/mol. The maximum Gasteiger partial charge on any atom is 0.261 e. The van der Waals surface area contributed by atoms with Gasteiger partial charge < -0.3 is 24.4 Å². The molecule has 0 saturated heterocycles. The highest BCUT2D eigenvalue weighted by atomic mass is 32.2. The molecule has 2 amide bonds. The zero-order valence-electron chi connectivity index (χ0n) is 22.4. The summed E-state index contributed by atoms with van der Waals surface area (Å²) in [5.41, 5.74) is 0.999. The fraction of sp³-hybridized carbons (Fsp3) is 0.286. The minimum Gasteiger partial charge on any atom is -0.497 e. The molecule has 0 spiro atoms. The van der Waals surface area contributed by atoms with E-state index in [1.165, 1.54) is 48.4 Å². The van der Waals surface area contributed by atoms with Crippen molar-refractivity contribution in [2.75, 3.05) is 38.7 Å². The number of nitrogens with zero attached hydrogens (tertiary/aromatic N) is 1. The molecule has 3 aromatic carbocycles. The minimum atomic E-state index is -3.92. The number of hydrogen-bond acceptors (Lipinski definition) is 7. The van der Waals surface area contributed by atoms with Crippen molar-refractivity contribution >= 4 is 27.5 Å². The van der Waals surface area contributed by atoms with Crippen molar-refractivity contribution in [1.82, 2.24) is 10.2 Å². The van der Waals surface area contributed by atoms with Crippen LogP contribution in [-0.4, -0.2) is 65.2 Å². The molecule has 0 aliphatic carbocycles. The largest absolute Gasteiger partial charge is 0.497 e. The second kappa shape index (κ2) is 14.3. The standard InChI is InChI=1S/C28H32FN3O7S/c1-20(28(34)30-16-17-37-2)32(18-21-4-10-24(38-3)11-5-21)27(33)19-39-25-12-14-26(15-13-25)40(35,36)31-23-8-6-22(29)7-9-23/h4-15,20,31H,16-19H2,1-3H3,(H,30,34). The maximum atomic E-state index is 13.2. The van der Waals surface area contributed by atoms with Gasteiger partial charge >= 0.3 is 0 Å². The van der Waals surface area contributed by atoms with Crippen molar-refractivity contribution in [3.63, 3.8) is 0 Å². The van der Waals surface area contributed by atoms with Crippen LogP contribution in [0.15, 0.2) is 77.7 Å². The Labute approximate surface area is 233 Å². The van der Waals surface area contributed by atoms with Gasteiger partial charge in [0.1, 0.15) is 23.4 Å². The first kappa shape index (κ1) is 30.4. The number of hydrogen-bond donors (Lipinski definition) is 2. The molecule has 12 heteroatoms. The number of sulfonamides is 1. The average Bonchev–Trinajstić information content (AvgIpc) is 2.96. The molecule has 0 bridgehead atoms. The van der Waals surface area contributed by atoms with Crippen LogP contribution < -0.4 is 19.5 Å². The number of ether oxygens (including phenoxy) is 3. The molecule has 0 fully saturated rings. The minimum absolute atomic E-state index is 0.0435. The Morgan fingerprint density at radius 1 is 0.925 bits per heavy atom. The third-order valence-corrected chi connectivity index (χ3v) is 7.27. The van der Waals surface area contributed by atoms with E-state index < -0.39 is 27.8 Å². The molecule has 0 heterocycles. The second-order valence-corrected chi connectivity index (χ2v) is 10.4. The van der Waals surface area contributed by atoms with E-state index in [0.29, 0.717) is 18.9 Å². The molecule has 1 atom stereocenters. The summed E-state index contributed by atoms with van der Waals surface area (Å²) in [7, 11) is -0.845. The molecule has 3 rings (SSSR count). The lowest BCUT2D eigenvalue weighted by Gasteiger charge is -2.28. The number of carbonyl (C=O) groups excluding carboxylic acids is 2. The lowest BCUT2D eigenvalue weighted by molar-refractivity contribution is -0.142. The van der Waals surface area contributed by atoms with Gasteiger partial charge in [-0.1, -0.05) is 12.1 Å². The van der Waals surface area contributed by atoms with Crippen molar-refractivity contribution in [1.29, 1.82) is 0 Å². The first-order valence-corrected chi connectivity index (χ1v) is 13.8. The Morgan fingerprint density at radius 2 is 1.55 bits per heavy atom. The van der Waals surface area contributed by atoms with Crippen LogP contribution in [0, 0.1) is 5.82 Å². The molecule has 0 aromatic heterocycles. The average molecular weight is 574 g/mol. The monoisotopic (exact) mass is 573 g/mol. The van der Waals surface area contributed by atoms with Gasteiger partial charge in [-0.15, -0.1) is 0 Å². The Bertz CT molecular complexity index is 1370. The van der Waals surface area contributed by atoms with E-state index in [-0.39, 0.29) is 35.4 Å². The van der Waals surface area contributed by atoms with Crippen molar-refractivity contribution in [3.8, 4) is 11.5 Å². The van der Waals surface area contributed by atoms with E-state index in [0.717, 1.165) is 17.7 Å². The van der Waals surface area contributed by atoms with E-state index in [1.54, 1.807) is 38.3 Å². The van der Waals surface area contributed by atoms with Gasteiger partial charge in [-0.3, -0.25) is 14.3 Å². The molecule has 0 aliphatic rings. The zero-order chi connectivity index (χ0) is 29.1. The molecule has 0 radical (unpaired) electrons. The zero-order valence-corrected chi connectivity index (χ0v) is 23.2. The van der Waals surface area contributed by atoms with Gasteiger partial charge in [0.05, 0.1) is 18.6 Å². The number of nitrogens with one attached hydrogen (secondary N) is 2. The highest BCUT2D eigenvalue weighted by Gasteiger charge is 2.26. The lowest BCUT2D eigenvalue weighted by atomic mass is 10.1. The Kier molecular flexibility index (Phi) is 10.9. The maximum absolute atomic E-state index is 13.2. The van der Waals surface area contributed by atoms with E-state index in [4.69, 9.17) is 14.2 Å². The van der Waals surface area contributed by atoms with Crippen molar-refractivity contribution in [3.05, 3.63) is 84.2 Å². The molecule has 10 nitrogen and oxygen atoms in total. The van der Waals surface area contributed by atoms with Crippen LogP contribution in [0.25, 0.3) is 0 Å². The van der Waals surface area contributed by atoms with Crippen LogP contribution >= 0.6 is 0 Å². The van der Waals surface area contributed by atoms with E-state index in [9.17, 15) is 22.4 Å². The van der Waals surface area contributed by atoms with E-state index in [2.05, 4.69) is 10.0 Å². The molecule has 214 valence electrons. The molecule has 0 aliphatic heterocycles. The summed E-state index contributed by atoms with van der Waals surface area (Å²) in [6, 6.07) is 16.7. The number of carbonyl (C=O) groups is 2. The second-order valence-electron chi connectivity index (χ2n) is 8.70. The highest BCUT2D eigenvalue weighted by molar-refractivity contribution is 7.92. The van der Waals surface area contributed by atoms with Gasteiger partial charge in [-0.2, -0.15) is 0 Å². The van der Waals surface area contributed by atoms with Gasteiger partial charge in [0.25, 0.3) is 15.9 Å². The molecule has 40 heavy (non-hydrogen) atoms. The van der Waals surface area contributed by atoms with Gasteiger partial charge in [0.15, 0.2) is 6.61 Å². The topological polar surface area (TPSA) is 123 Å². The third kappa shape index (κ3) is 8.68. The quantitative estimate of drug-likeness (QED) is 0.284. The Morgan fingerprint density at radius 3 is 2.15 bits per heavy atom. The van der Waals surface area contributed by atoms with Crippen molar-refractivity contribution in [2.24, 2.45) is 0 Å². The van der Waals surface area contributed by atoms with Gasteiger partial charge in [0, 0.05) is 25.9 Å². The normalized spacial score (nSPS) is 11.8. The number of anilines is 1. The molecular formula is C28H32FN3O7S. The van der Waals surface area contributed by atoms with Gasteiger partial charge in [-0.25, -0.2) is 12.8 Å². The summed E-state index contributed by atoms with van der Waals surface area (Å²) >= 11 is 0. The van der Waals surface area contributed by atoms with Crippen molar-refractivity contribution in [2.45, 2.75) is 24.4 Å². The molecule has 0 saturated carbocycles. The van der Waals surface area contributed by atoms with Gasteiger partial charge in [-0.05, 0) is 73.2 Å². The smallest absolute Gasteiger partial charge is 0.261 e. The van der Waals surface area contributed by atoms with Crippen LogP contribution in [0.1, 0.15) is 12.5 Å². The molecule has 1 unspecified atom stereocenters. The van der Waals surface area contributed by atoms with Gasteiger partial charge in [0.2, 0.25) is 5.91 Å². The number of methoxy groups -OCH3 is 2. The Balaban J connectivity index is 1.67.